The highest BCUT2D eigenvalue weighted by Gasteiger charge is 2.19. The Morgan fingerprint density at radius 1 is 1.36 bits per heavy atom. The molecule has 0 aliphatic carbocycles. The first kappa shape index (κ1) is 19.0. The number of hydrogen-bond acceptors (Lipinski definition) is 7. The predicted molar refractivity (Wildman–Crippen MR) is 91.9 cm³/mol. The molecule has 0 aliphatic heterocycles. The molecule has 0 spiro atoms. The Morgan fingerprint density at radius 2 is 2.12 bits per heavy atom. The summed E-state index contributed by atoms with van der Waals surface area (Å²) in [6, 6.07) is 3.62. The van der Waals surface area contributed by atoms with Gasteiger partial charge in [-0.3, -0.25) is 14.2 Å². The van der Waals surface area contributed by atoms with Gasteiger partial charge in [0.05, 0.1) is 18.6 Å². The lowest BCUT2D eigenvalue weighted by Gasteiger charge is -2.19. The molecular formula is C16H22N4O4S. The predicted octanol–water partition coefficient (Wildman–Crippen LogP) is 1.77. The van der Waals surface area contributed by atoms with Gasteiger partial charge in [0.2, 0.25) is 5.91 Å². The van der Waals surface area contributed by atoms with E-state index >= 15 is 0 Å². The molecular weight excluding hydrogens is 344 g/mol. The molecule has 9 heteroatoms. The Hall–Kier alpha value is -2.29. The van der Waals surface area contributed by atoms with Crippen LogP contribution < -0.4 is 5.73 Å². The first-order valence-electron chi connectivity index (χ1n) is 7.82. The summed E-state index contributed by atoms with van der Waals surface area (Å²) >= 11 is 1.23. The van der Waals surface area contributed by atoms with E-state index in [1.807, 2.05) is 31.4 Å². The van der Waals surface area contributed by atoms with Crippen molar-refractivity contribution < 1.29 is 18.7 Å². The monoisotopic (exact) mass is 366 g/mol. The number of aromatic nitrogens is 3. The third kappa shape index (κ3) is 6.26. The Morgan fingerprint density at radius 3 is 2.72 bits per heavy atom. The van der Waals surface area contributed by atoms with E-state index in [0.29, 0.717) is 23.9 Å². The fraction of sp³-hybridized carbons (Fsp3) is 0.500. The number of rotatable bonds is 8. The van der Waals surface area contributed by atoms with Crippen LogP contribution in [0, 0.1) is 0 Å². The maximum absolute atomic E-state index is 11.9. The van der Waals surface area contributed by atoms with Crippen LogP contribution in [0.25, 0.3) is 0 Å². The van der Waals surface area contributed by atoms with Crippen LogP contribution >= 0.6 is 11.8 Å². The largest absolute Gasteiger partial charge is 0.467 e. The maximum Gasteiger partial charge on any atom is 0.316 e. The van der Waals surface area contributed by atoms with E-state index in [1.165, 1.54) is 11.8 Å². The summed E-state index contributed by atoms with van der Waals surface area (Å²) in [6.07, 6.45) is 2.12. The van der Waals surface area contributed by atoms with E-state index in [0.717, 1.165) is 5.76 Å². The molecule has 2 aromatic rings. The van der Waals surface area contributed by atoms with Crippen molar-refractivity contribution in [3.8, 4) is 0 Å². The van der Waals surface area contributed by atoms with Crippen molar-refractivity contribution in [2.75, 3.05) is 5.75 Å². The smallest absolute Gasteiger partial charge is 0.316 e. The molecule has 2 rings (SSSR count). The summed E-state index contributed by atoms with van der Waals surface area (Å²) in [4.78, 5) is 22.9. The summed E-state index contributed by atoms with van der Waals surface area (Å²) in [6.45, 7) is 5.86. The molecule has 136 valence electrons. The standard InChI is InChI=1S/C16H22N4O4S/c1-16(2,3)24-14(22)10-25-15-19-18-13(7-6-12(17)21)20(15)9-11-5-4-8-23-11/h4-5,8H,6-7,9-10H2,1-3H3,(H2,17,21). The second-order valence-electron chi connectivity index (χ2n) is 6.41. The quantitative estimate of drug-likeness (QED) is 0.559. The molecule has 0 atom stereocenters. The molecule has 2 heterocycles. The highest BCUT2D eigenvalue weighted by atomic mass is 32.2. The van der Waals surface area contributed by atoms with Crippen LogP contribution in [-0.2, 0) is 27.3 Å². The molecule has 2 N–H and O–H groups in total. The maximum atomic E-state index is 11.9. The van der Waals surface area contributed by atoms with Gasteiger partial charge in [0.25, 0.3) is 0 Å². The molecule has 0 fully saturated rings. The van der Waals surface area contributed by atoms with Crippen LogP contribution in [0.1, 0.15) is 38.8 Å². The molecule has 8 nitrogen and oxygen atoms in total. The number of esters is 1. The third-order valence-corrected chi connectivity index (χ3v) is 3.96. The van der Waals surface area contributed by atoms with Gasteiger partial charge in [-0.05, 0) is 32.9 Å². The van der Waals surface area contributed by atoms with Crippen LogP contribution in [0.5, 0.6) is 0 Å². The van der Waals surface area contributed by atoms with E-state index < -0.39 is 11.5 Å². The zero-order valence-corrected chi connectivity index (χ0v) is 15.3. The molecule has 1 amide bonds. The summed E-state index contributed by atoms with van der Waals surface area (Å²) in [5.41, 5.74) is 4.67. The lowest BCUT2D eigenvalue weighted by Crippen LogP contribution is -2.25. The second kappa shape index (κ2) is 8.19. The fourth-order valence-electron chi connectivity index (χ4n) is 2.06. The first-order chi connectivity index (χ1) is 11.7. The van der Waals surface area contributed by atoms with Crippen molar-refractivity contribution in [2.24, 2.45) is 5.73 Å². The molecule has 0 saturated heterocycles. The fourth-order valence-corrected chi connectivity index (χ4v) is 2.79. The lowest BCUT2D eigenvalue weighted by atomic mass is 10.2. The van der Waals surface area contributed by atoms with Gasteiger partial charge in [0, 0.05) is 12.8 Å². The van der Waals surface area contributed by atoms with Crippen molar-refractivity contribution in [2.45, 2.75) is 50.9 Å². The number of carbonyl (C=O) groups is 2. The van der Waals surface area contributed by atoms with Gasteiger partial charge in [-0.25, -0.2) is 0 Å². The molecule has 0 aromatic carbocycles. The van der Waals surface area contributed by atoms with E-state index in [2.05, 4.69) is 10.2 Å². The van der Waals surface area contributed by atoms with Gasteiger partial charge >= 0.3 is 5.97 Å². The number of carbonyl (C=O) groups excluding carboxylic acids is 2. The van der Waals surface area contributed by atoms with Gasteiger partial charge in [0.15, 0.2) is 5.16 Å². The lowest BCUT2D eigenvalue weighted by molar-refractivity contribution is -0.151. The van der Waals surface area contributed by atoms with Gasteiger partial charge < -0.3 is 14.9 Å². The number of nitrogens with zero attached hydrogens (tertiary/aromatic N) is 3. The van der Waals surface area contributed by atoms with E-state index in [1.54, 1.807) is 12.3 Å². The van der Waals surface area contributed by atoms with E-state index in [-0.39, 0.29) is 18.1 Å². The molecule has 0 aliphatic rings. The number of ether oxygens (including phenoxy) is 1. The zero-order chi connectivity index (χ0) is 18.4. The van der Waals surface area contributed by atoms with Crippen molar-refractivity contribution >= 4 is 23.6 Å². The topological polar surface area (TPSA) is 113 Å². The van der Waals surface area contributed by atoms with Crippen molar-refractivity contribution in [3.63, 3.8) is 0 Å². The van der Waals surface area contributed by atoms with Gasteiger partial charge in [-0.1, -0.05) is 11.8 Å². The normalized spacial score (nSPS) is 11.5. The number of thioether (sulfide) groups is 1. The summed E-state index contributed by atoms with van der Waals surface area (Å²) in [5, 5.41) is 8.79. The summed E-state index contributed by atoms with van der Waals surface area (Å²) in [7, 11) is 0. The van der Waals surface area contributed by atoms with Crippen molar-refractivity contribution in [1.82, 2.24) is 14.8 Å². The molecule has 25 heavy (non-hydrogen) atoms. The Bertz CT molecular complexity index is 719. The van der Waals surface area contributed by atoms with Crippen molar-refractivity contribution in [3.05, 3.63) is 30.0 Å². The first-order valence-corrected chi connectivity index (χ1v) is 8.80. The highest BCUT2D eigenvalue weighted by molar-refractivity contribution is 7.99. The summed E-state index contributed by atoms with van der Waals surface area (Å²) < 4.78 is 12.5. The minimum Gasteiger partial charge on any atom is -0.467 e. The SMILES string of the molecule is CC(C)(C)OC(=O)CSc1nnc(CCC(N)=O)n1Cc1ccco1. The molecule has 0 radical (unpaired) electrons. The second-order valence-corrected chi connectivity index (χ2v) is 7.35. The van der Waals surface area contributed by atoms with Crippen LogP contribution in [0.3, 0.4) is 0 Å². The van der Waals surface area contributed by atoms with E-state index in [4.69, 9.17) is 14.9 Å². The van der Waals surface area contributed by atoms with Crippen LogP contribution in [0.2, 0.25) is 0 Å². The van der Waals surface area contributed by atoms with Crippen molar-refractivity contribution in [1.29, 1.82) is 0 Å². The molecule has 2 aromatic heterocycles. The average Bonchev–Trinajstić information content (AvgIpc) is 3.12. The van der Waals surface area contributed by atoms with Crippen LogP contribution in [0.15, 0.2) is 28.0 Å². The Kier molecular flexibility index (Phi) is 6.24. The number of amides is 1. The highest BCUT2D eigenvalue weighted by Crippen LogP contribution is 2.21. The minimum atomic E-state index is -0.536. The summed E-state index contributed by atoms with van der Waals surface area (Å²) in [5.74, 6) is 0.712. The van der Waals surface area contributed by atoms with Crippen LogP contribution in [0.4, 0.5) is 0 Å². The Labute approximate surface area is 150 Å². The molecule has 0 bridgehead atoms. The number of furan rings is 1. The number of nitrogens with two attached hydrogens (primary N) is 1. The van der Waals surface area contributed by atoms with Gasteiger partial charge in [0.1, 0.15) is 17.2 Å². The minimum absolute atomic E-state index is 0.114. The number of primary amides is 1. The third-order valence-electron chi connectivity index (χ3n) is 3.02. The van der Waals surface area contributed by atoms with Crippen LogP contribution in [-0.4, -0.2) is 38.0 Å². The van der Waals surface area contributed by atoms with E-state index in [9.17, 15) is 9.59 Å². The Balaban J connectivity index is 2.10. The zero-order valence-electron chi connectivity index (χ0n) is 14.5. The molecule has 0 unspecified atom stereocenters. The average molecular weight is 366 g/mol. The number of hydrogen-bond donors (Lipinski definition) is 1. The van der Waals surface area contributed by atoms with Gasteiger partial charge in [-0.2, -0.15) is 0 Å². The van der Waals surface area contributed by atoms with Gasteiger partial charge in [-0.15, -0.1) is 10.2 Å². The molecule has 0 saturated carbocycles. The number of aryl methyl sites for hydroxylation is 1.